The number of Topliss-reactive ketones (excluding diaryl/α,β-unsaturated/α-hetero) is 1. The van der Waals surface area contributed by atoms with Gasteiger partial charge in [0.25, 0.3) is 0 Å². The van der Waals surface area contributed by atoms with Gasteiger partial charge in [0.15, 0.2) is 11.7 Å². The lowest BCUT2D eigenvalue weighted by Crippen LogP contribution is -2.35. The Labute approximate surface area is 193 Å². The Hall–Kier alpha value is -2.90. The van der Waals surface area contributed by atoms with Crippen LogP contribution in [0.15, 0.2) is 41.4 Å². The van der Waals surface area contributed by atoms with E-state index in [1.54, 1.807) is 13.0 Å². The molecular weight excluding hydrogens is 423 g/mol. The van der Waals surface area contributed by atoms with E-state index in [-0.39, 0.29) is 12.2 Å². The molecule has 0 N–H and O–H groups in total. The van der Waals surface area contributed by atoms with Gasteiger partial charge in [-0.1, -0.05) is 12.1 Å². The molecule has 0 amide bonds. The molecule has 4 rings (SSSR count). The molecule has 0 bridgehead atoms. The summed E-state index contributed by atoms with van der Waals surface area (Å²) < 4.78 is 25.1. The van der Waals surface area contributed by atoms with Crippen LogP contribution in [0.25, 0.3) is 0 Å². The fourth-order valence-corrected chi connectivity index (χ4v) is 4.31. The van der Waals surface area contributed by atoms with E-state index >= 15 is 0 Å². The molecule has 33 heavy (non-hydrogen) atoms. The van der Waals surface area contributed by atoms with Crippen molar-refractivity contribution in [1.82, 2.24) is 4.90 Å². The quantitative estimate of drug-likeness (QED) is 0.263. The Morgan fingerprint density at radius 3 is 2.73 bits per heavy atom. The van der Waals surface area contributed by atoms with E-state index in [0.29, 0.717) is 25.4 Å². The smallest absolute Gasteiger partial charge is 0.322 e. The van der Waals surface area contributed by atoms with E-state index in [1.807, 2.05) is 18.2 Å². The Morgan fingerprint density at radius 2 is 1.94 bits per heavy atom. The van der Waals surface area contributed by atoms with Crippen molar-refractivity contribution in [3.05, 3.63) is 64.5 Å². The summed E-state index contributed by atoms with van der Waals surface area (Å²) in [4.78, 5) is 32.4. The van der Waals surface area contributed by atoms with E-state index in [0.717, 1.165) is 37.9 Å². The molecule has 174 valence electrons. The van der Waals surface area contributed by atoms with Gasteiger partial charge in [0.05, 0.1) is 31.1 Å². The maximum atomic E-state index is 14.7. The summed E-state index contributed by atoms with van der Waals surface area (Å²) in [6.45, 7) is 5.22. The molecule has 2 aromatic rings. The number of nitrogens with zero attached hydrogens (tertiary/aromatic N) is 2. The summed E-state index contributed by atoms with van der Waals surface area (Å²) in [5, 5.41) is 0. The van der Waals surface area contributed by atoms with Gasteiger partial charge in [-0.3, -0.25) is 19.5 Å². The van der Waals surface area contributed by atoms with Crippen LogP contribution < -0.4 is 0 Å². The molecule has 0 spiro atoms. The van der Waals surface area contributed by atoms with Gasteiger partial charge in [0, 0.05) is 25.8 Å². The number of fused-ring (bicyclic) bond motifs is 1. The summed E-state index contributed by atoms with van der Waals surface area (Å²) in [6.07, 6.45) is 4.46. The van der Waals surface area contributed by atoms with Crippen molar-refractivity contribution in [1.29, 1.82) is 0 Å². The van der Waals surface area contributed by atoms with Crippen molar-refractivity contribution in [2.75, 3.05) is 32.9 Å². The summed E-state index contributed by atoms with van der Waals surface area (Å²) in [6, 6.07) is 10.4. The number of morpholine rings is 1. The van der Waals surface area contributed by atoms with Crippen molar-refractivity contribution in [2.45, 2.75) is 32.7 Å². The average molecular weight is 453 g/mol. The third-order valence-electron chi connectivity index (χ3n) is 6.08. The molecule has 1 aliphatic carbocycles. The van der Waals surface area contributed by atoms with Gasteiger partial charge in [0.2, 0.25) is 0 Å². The minimum atomic E-state index is -1.31. The van der Waals surface area contributed by atoms with Crippen molar-refractivity contribution in [3.63, 3.8) is 0 Å². The average Bonchev–Trinajstić information content (AvgIpc) is 3.29. The first kappa shape index (κ1) is 23.3. The Bertz CT molecular complexity index is 1050. The highest BCUT2D eigenvalue weighted by molar-refractivity contribution is 6.18. The van der Waals surface area contributed by atoms with Crippen LogP contribution in [0.3, 0.4) is 0 Å². The molecule has 1 atom stereocenters. The van der Waals surface area contributed by atoms with Crippen LogP contribution in [-0.2, 0) is 33.7 Å². The summed E-state index contributed by atoms with van der Waals surface area (Å²) in [5.41, 5.74) is 3.90. The lowest BCUT2D eigenvalue weighted by molar-refractivity contribution is -0.143. The van der Waals surface area contributed by atoms with E-state index < -0.39 is 23.5 Å². The molecule has 7 heteroatoms. The fraction of sp³-hybridized carbons (Fsp3) is 0.423. The van der Waals surface area contributed by atoms with E-state index in [9.17, 15) is 14.0 Å². The van der Waals surface area contributed by atoms with Gasteiger partial charge in [-0.05, 0) is 67.1 Å². The topological polar surface area (TPSA) is 68.2 Å². The van der Waals surface area contributed by atoms with Crippen LogP contribution >= 0.6 is 0 Å². The van der Waals surface area contributed by atoms with Crippen LogP contribution in [0.2, 0.25) is 0 Å². The largest absolute Gasteiger partial charge is 0.465 e. The van der Waals surface area contributed by atoms with Gasteiger partial charge >= 0.3 is 5.97 Å². The minimum absolute atomic E-state index is 0.120. The molecule has 1 heterocycles. The third kappa shape index (κ3) is 5.72. The number of rotatable bonds is 8. The number of aliphatic imine (C=N–C) groups is 1. The van der Waals surface area contributed by atoms with Gasteiger partial charge in [-0.25, -0.2) is 4.39 Å². The number of ether oxygens (including phenoxy) is 2. The molecule has 1 saturated heterocycles. The molecule has 2 aromatic carbocycles. The second-order valence-corrected chi connectivity index (χ2v) is 8.38. The highest BCUT2D eigenvalue weighted by Gasteiger charge is 2.30. The third-order valence-corrected chi connectivity index (χ3v) is 6.08. The maximum Gasteiger partial charge on any atom is 0.322 e. The summed E-state index contributed by atoms with van der Waals surface area (Å²) >= 11 is 0. The zero-order valence-corrected chi connectivity index (χ0v) is 18.9. The first-order chi connectivity index (χ1) is 16.0. The van der Waals surface area contributed by atoms with Crippen molar-refractivity contribution in [2.24, 2.45) is 10.9 Å². The zero-order valence-electron chi connectivity index (χ0n) is 18.9. The molecule has 0 aromatic heterocycles. The van der Waals surface area contributed by atoms with E-state index in [4.69, 9.17) is 9.47 Å². The van der Waals surface area contributed by atoms with Crippen molar-refractivity contribution in [3.8, 4) is 0 Å². The van der Waals surface area contributed by atoms with Crippen molar-refractivity contribution < 1.29 is 23.5 Å². The van der Waals surface area contributed by atoms with Gasteiger partial charge in [-0.15, -0.1) is 0 Å². The number of carbonyl (C=O) groups excluding carboxylic acids is 2. The molecule has 1 aliphatic heterocycles. The minimum Gasteiger partial charge on any atom is -0.465 e. The number of carbonyl (C=O) groups is 2. The van der Waals surface area contributed by atoms with Crippen LogP contribution in [-0.4, -0.2) is 55.8 Å². The van der Waals surface area contributed by atoms with Crippen LogP contribution in [0.4, 0.5) is 10.1 Å². The second-order valence-electron chi connectivity index (χ2n) is 8.38. The lowest BCUT2D eigenvalue weighted by atomic mass is 9.96. The molecule has 1 fully saturated rings. The first-order valence-corrected chi connectivity index (χ1v) is 11.5. The molecule has 0 saturated carbocycles. The molecule has 0 radical (unpaired) electrons. The van der Waals surface area contributed by atoms with Gasteiger partial charge in [0.1, 0.15) is 5.82 Å². The Morgan fingerprint density at radius 1 is 1.15 bits per heavy atom. The molecule has 6 nitrogen and oxygen atoms in total. The number of ketones is 1. The highest BCUT2D eigenvalue weighted by atomic mass is 19.1. The highest BCUT2D eigenvalue weighted by Crippen LogP contribution is 2.26. The normalized spacial score (nSPS) is 17.2. The number of benzene rings is 2. The monoisotopic (exact) mass is 452 g/mol. The number of halogens is 1. The lowest BCUT2D eigenvalue weighted by Gasteiger charge is -2.26. The standard InChI is InChI=1S/C26H29FN2O4/c1-2-33-26(31)23(16-28-21-8-7-19-4-3-5-20(19)15-21)25(30)22-14-18(6-9-24(22)27)17-29-10-12-32-13-11-29/h6-9,14-16,23H,2-5,10-13,17H2,1H3. The van der Waals surface area contributed by atoms with E-state index in [1.165, 1.54) is 29.5 Å². The number of aryl methyl sites for hydroxylation is 2. The van der Waals surface area contributed by atoms with Crippen LogP contribution in [0.1, 0.15) is 40.4 Å². The molecule has 1 unspecified atom stereocenters. The predicted octanol–water partition coefficient (Wildman–Crippen LogP) is 3.91. The zero-order chi connectivity index (χ0) is 23.2. The second kappa shape index (κ2) is 10.8. The fourth-order valence-electron chi connectivity index (χ4n) is 4.31. The van der Waals surface area contributed by atoms with Crippen LogP contribution in [0, 0.1) is 11.7 Å². The van der Waals surface area contributed by atoms with E-state index in [2.05, 4.69) is 9.89 Å². The summed E-state index contributed by atoms with van der Waals surface area (Å²) in [7, 11) is 0. The maximum absolute atomic E-state index is 14.7. The number of esters is 1. The van der Waals surface area contributed by atoms with Gasteiger partial charge < -0.3 is 9.47 Å². The Kier molecular flexibility index (Phi) is 7.62. The van der Waals surface area contributed by atoms with Crippen LogP contribution in [0.5, 0.6) is 0 Å². The Balaban J connectivity index is 1.57. The number of hydrogen-bond acceptors (Lipinski definition) is 6. The first-order valence-electron chi connectivity index (χ1n) is 11.5. The molecule has 2 aliphatic rings. The molecular formula is C26H29FN2O4. The summed E-state index contributed by atoms with van der Waals surface area (Å²) in [5.74, 6) is -3.36. The van der Waals surface area contributed by atoms with Crippen molar-refractivity contribution >= 4 is 23.7 Å². The number of hydrogen-bond donors (Lipinski definition) is 0. The predicted molar refractivity (Wildman–Crippen MR) is 124 cm³/mol. The SMILES string of the molecule is CCOC(=O)C(C=Nc1ccc2c(c1)CCC2)C(=O)c1cc(CN2CCOCC2)ccc1F. The van der Waals surface area contributed by atoms with Gasteiger partial charge in [-0.2, -0.15) is 0 Å².